The summed E-state index contributed by atoms with van der Waals surface area (Å²) in [6.07, 6.45) is 6.57. The minimum atomic E-state index is -0.294. The van der Waals surface area contributed by atoms with E-state index in [1.54, 1.807) is 0 Å². The molecule has 0 saturated carbocycles. The first-order valence-electron chi connectivity index (χ1n) is 10.7. The Morgan fingerprint density at radius 1 is 0.857 bits per heavy atom. The molecule has 2 aromatic carbocycles. The van der Waals surface area contributed by atoms with Crippen LogP contribution in [0.15, 0.2) is 48.5 Å². The number of hydrogen-bond donors (Lipinski definition) is 0. The maximum atomic E-state index is 13.5. The Hall–Kier alpha value is -2.13. The van der Waals surface area contributed by atoms with Gasteiger partial charge in [-0.3, -0.25) is 4.79 Å². The Morgan fingerprint density at radius 2 is 1.36 bits per heavy atom. The zero-order chi connectivity index (χ0) is 19.3. The van der Waals surface area contributed by atoms with E-state index in [2.05, 4.69) is 50.5 Å². The first-order chi connectivity index (χ1) is 13.5. The molecule has 0 radical (unpaired) electrons. The molecular formula is C25H30NO2+. The van der Waals surface area contributed by atoms with E-state index in [0.29, 0.717) is 12.1 Å². The summed E-state index contributed by atoms with van der Waals surface area (Å²) in [4.78, 5) is 13.5. The van der Waals surface area contributed by atoms with Gasteiger partial charge < -0.3 is 9.22 Å². The number of piperidine rings is 1. The smallest absolute Gasteiger partial charge is 0.318 e. The summed E-state index contributed by atoms with van der Waals surface area (Å²) in [5.41, 5.74) is 4.82. The average Bonchev–Trinajstić information content (AvgIpc) is 2.88. The van der Waals surface area contributed by atoms with Crippen LogP contribution in [0, 0.1) is 0 Å². The van der Waals surface area contributed by atoms with Gasteiger partial charge in [-0.15, -0.1) is 0 Å². The molecule has 2 atom stereocenters. The van der Waals surface area contributed by atoms with Crippen molar-refractivity contribution in [2.75, 3.05) is 14.1 Å². The van der Waals surface area contributed by atoms with Crippen LogP contribution in [-0.2, 0) is 22.4 Å². The van der Waals surface area contributed by atoms with Gasteiger partial charge in [0.25, 0.3) is 0 Å². The van der Waals surface area contributed by atoms with Crippen LogP contribution in [-0.4, -0.2) is 42.7 Å². The largest absolute Gasteiger partial charge is 0.461 e. The van der Waals surface area contributed by atoms with E-state index in [1.165, 1.54) is 24.0 Å². The van der Waals surface area contributed by atoms with Gasteiger partial charge in [0.2, 0.25) is 0 Å². The Morgan fingerprint density at radius 3 is 1.89 bits per heavy atom. The first-order valence-corrected chi connectivity index (χ1v) is 10.7. The number of carbonyl (C=O) groups is 1. The molecule has 2 fully saturated rings. The zero-order valence-electron chi connectivity index (χ0n) is 16.9. The van der Waals surface area contributed by atoms with Crippen LogP contribution >= 0.6 is 0 Å². The lowest BCUT2D eigenvalue weighted by molar-refractivity contribution is -0.931. The lowest BCUT2D eigenvalue weighted by Gasteiger charge is -2.44. The minimum absolute atomic E-state index is 0.0570. The normalized spacial score (nSPS) is 28.1. The summed E-state index contributed by atoms with van der Waals surface area (Å²) < 4.78 is 7.33. The number of carbonyl (C=O) groups excluding carboxylic acids is 1. The summed E-state index contributed by atoms with van der Waals surface area (Å²) >= 11 is 0. The van der Waals surface area contributed by atoms with Crippen LogP contribution in [0.2, 0.25) is 0 Å². The molecule has 0 amide bonds. The lowest BCUT2D eigenvalue weighted by Crippen LogP contribution is -2.56. The van der Waals surface area contributed by atoms with Crippen LogP contribution in [0.5, 0.6) is 0 Å². The highest BCUT2D eigenvalue weighted by Crippen LogP contribution is 2.42. The van der Waals surface area contributed by atoms with Gasteiger partial charge in [-0.2, -0.15) is 0 Å². The summed E-state index contributed by atoms with van der Waals surface area (Å²) in [5, 5.41) is 0. The van der Waals surface area contributed by atoms with Gasteiger partial charge >= 0.3 is 5.97 Å². The number of hydrogen-bond acceptors (Lipinski definition) is 2. The van der Waals surface area contributed by atoms with Crippen LogP contribution < -0.4 is 0 Å². The summed E-state index contributed by atoms with van der Waals surface area (Å²) in [7, 11) is 4.69. The van der Waals surface area contributed by atoms with Crippen LogP contribution in [0.25, 0.3) is 0 Å². The van der Waals surface area contributed by atoms with Crippen molar-refractivity contribution in [3.63, 3.8) is 0 Å². The van der Waals surface area contributed by atoms with Crippen molar-refractivity contribution in [3.8, 4) is 0 Å². The molecule has 2 aromatic rings. The van der Waals surface area contributed by atoms with Gasteiger partial charge in [0.05, 0.1) is 26.2 Å². The number of benzene rings is 2. The highest BCUT2D eigenvalue weighted by Gasteiger charge is 2.50. The fourth-order valence-corrected chi connectivity index (χ4v) is 5.94. The third kappa shape index (κ3) is 2.88. The quantitative estimate of drug-likeness (QED) is 0.579. The van der Waals surface area contributed by atoms with Crippen molar-refractivity contribution in [1.82, 2.24) is 0 Å². The van der Waals surface area contributed by atoms with Gasteiger partial charge in [-0.1, -0.05) is 48.5 Å². The molecule has 1 aliphatic carbocycles. The number of nitrogens with zero attached hydrogens (tertiary/aromatic N) is 1. The topological polar surface area (TPSA) is 26.3 Å². The second-order valence-electron chi connectivity index (χ2n) is 9.38. The van der Waals surface area contributed by atoms with Gasteiger partial charge in [0.1, 0.15) is 12.0 Å². The predicted molar refractivity (Wildman–Crippen MR) is 110 cm³/mol. The molecule has 0 aromatic heterocycles. The van der Waals surface area contributed by atoms with E-state index in [9.17, 15) is 4.79 Å². The van der Waals surface area contributed by atoms with Crippen molar-refractivity contribution in [2.45, 2.75) is 62.6 Å². The van der Waals surface area contributed by atoms with E-state index < -0.39 is 0 Å². The van der Waals surface area contributed by atoms with Crippen molar-refractivity contribution >= 4 is 5.97 Å². The SMILES string of the molecule is C[N+]1(C)C2CCC1CC(OC(=O)C1c3ccccc3CCc3ccccc31)C2. The summed E-state index contributed by atoms with van der Waals surface area (Å²) in [5.74, 6) is -0.351. The molecule has 2 aliphatic heterocycles. The second kappa shape index (κ2) is 6.73. The standard InChI is InChI=1S/C25H30NO2/c1-26(2)19-13-14-20(26)16-21(15-19)28-25(27)24-22-9-5-3-7-17(22)11-12-18-8-4-6-10-23(18)24/h3-10,19-21,24H,11-16H2,1-2H3/q+1. The van der Waals surface area contributed by atoms with Gasteiger partial charge in [-0.05, 0) is 35.1 Å². The van der Waals surface area contributed by atoms with E-state index in [0.717, 1.165) is 41.3 Å². The monoisotopic (exact) mass is 376 g/mol. The molecule has 3 nitrogen and oxygen atoms in total. The lowest BCUT2D eigenvalue weighted by atomic mass is 9.88. The zero-order valence-corrected chi connectivity index (χ0v) is 16.9. The third-order valence-corrected chi connectivity index (χ3v) is 7.70. The van der Waals surface area contributed by atoms with E-state index in [4.69, 9.17) is 4.74 Å². The Balaban J connectivity index is 1.45. The van der Waals surface area contributed by atoms with E-state index >= 15 is 0 Å². The third-order valence-electron chi connectivity index (χ3n) is 7.70. The summed E-state index contributed by atoms with van der Waals surface area (Å²) in [6, 6.07) is 18.1. The second-order valence-corrected chi connectivity index (χ2v) is 9.38. The minimum Gasteiger partial charge on any atom is -0.461 e. The number of fused-ring (bicyclic) bond motifs is 4. The average molecular weight is 377 g/mol. The molecule has 2 saturated heterocycles. The van der Waals surface area contributed by atoms with E-state index in [-0.39, 0.29) is 18.0 Å². The van der Waals surface area contributed by atoms with Gasteiger partial charge in [0, 0.05) is 25.7 Å². The van der Waals surface area contributed by atoms with Crippen molar-refractivity contribution in [3.05, 3.63) is 70.8 Å². The molecule has 3 aliphatic rings. The summed E-state index contributed by atoms with van der Waals surface area (Å²) in [6.45, 7) is 0. The molecular weight excluding hydrogens is 346 g/mol. The molecule has 2 unspecified atom stereocenters. The van der Waals surface area contributed by atoms with Crippen molar-refractivity contribution < 1.29 is 14.0 Å². The Labute approximate surface area is 167 Å². The Kier molecular flexibility index (Phi) is 4.31. The van der Waals surface area contributed by atoms with E-state index in [1.807, 2.05) is 12.1 Å². The number of esters is 1. The first kappa shape index (κ1) is 17.9. The van der Waals surface area contributed by atoms with Crippen molar-refractivity contribution in [2.24, 2.45) is 0 Å². The fraction of sp³-hybridized carbons (Fsp3) is 0.480. The molecule has 2 heterocycles. The number of aryl methyl sites for hydroxylation is 2. The molecule has 5 rings (SSSR count). The molecule has 0 spiro atoms. The molecule has 146 valence electrons. The predicted octanol–water partition coefficient (Wildman–Crippen LogP) is 4.23. The molecule has 3 heteroatoms. The molecule has 0 N–H and O–H groups in total. The van der Waals surface area contributed by atoms with Crippen LogP contribution in [0.3, 0.4) is 0 Å². The van der Waals surface area contributed by atoms with Crippen molar-refractivity contribution in [1.29, 1.82) is 0 Å². The number of rotatable bonds is 2. The molecule has 28 heavy (non-hydrogen) atoms. The maximum absolute atomic E-state index is 13.5. The highest BCUT2D eigenvalue weighted by atomic mass is 16.5. The number of quaternary nitrogens is 1. The van der Waals surface area contributed by atoms with Crippen LogP contribution in [0.1, 0.15) is 53.9 Å². The maximum Gasteiger partial charge on any atom is 0.318 e. The van der Waals surface area contributed by atoms with Crippen LogP contribution in [0.4, 0.5) is 0 Å². The number of ether oxygens (including phenoxy) is 1. The van der Waals surface area contributed by atoms with Gasteiger partial charge in [-0.25, -0.2) is 0 Å². The Bertz CT molecular complexity index is 839. The highest BCUT2D eigenvalue weighted by molar-refractivity contribution is 5.83. The molecule has 2 bridgehead atoms. The van der Waals surface area contributed by atoms with Gasteiger partial charge in [0.15, 0.2) is 0 Å². The fourth-order valence-electron chi connectivity index (χ4n) is 5.94.